The highest BCUT2D eigenvalue weighted by atomic mass is 16.5. The zero-order valence-corrected chi connectivity index (χ0v) is 8.87. The molecule has 1 aromatic rings. The summed E-state index contributed by atoms with van der Waals surface area (Å²) in [4.78, 5) is 21.5. The van der Waals surface area contributed by atoms with Crippen LogP contribution in [0.5, 0.6) is 0 Å². The highest BCUT2D eigenvalue weighted by Gasteiger charge is 2.24. The minimum Gasteiger partial charge on any atom is -0.373 e. The van der Waals surface area contributed by atoms with Crippen LogP contribution >= 0.6 is 0 Å². The molecule has 1 amide bonds. The maximum absolute atomic E-state index is 12.0. The van der Waals surface area contributed by atoms with Crippen LogP contribution in [-0.2, 0) is 4.74 Å². The molecule has 1 atom stereocenters. The second-order valence-corrected chi connectivity index (χ2v) is 3.57. The van der Waals surface area contributed by atoms with E-state index in [0.29, 0.717) is 31.9 Å². The molecule has 0 aliphatic carbocycles. The second-order valence-electron chi connectivity index (χ2n) is 3.57. The summed E-state index contributed by atoms with van der Waals surface area (Å²) in [6.07, 6.45) is 4.44. The van der Waals surface area contributed by atoms with Crippen molar-refractivity contribution in [2.45, 2.75) is 6.10 Å². The van der Waals surface area contributed by atoms with Crippen molar-refractivity contribution in [3.63, 3.8) is 0 Å². The van der Waals surface area contributed by atoms with Crippen molar-refractivity contribution in [2.75, 3.05) is 26.2 Å². The quantitative estimate of drug-likeness (QED) is 0.714. The van der Waals surface area contributed by atoms with Gasteiger partial charge in [-0.05, 0) is 0 Å². The zero-order valence-electron chi connectivity index (χ0n) is 8.87. The summed E-state index contributed by atoms with van der Waals surface area (Å²) in [5.74, 6) is -0.116. The van der Waals surface area contributed by atoms with E-state index in [-0.39, 0.29) is 12.0 Å². The molecule has 1 unspecified atom stereocenters. The lowest BCUT2D eigenvalue weighted by molar-refractivity contribution is -0.0169. The van der Waals surface area contributed by atoms with Crippen LogP contribution in [0.2, 0.25) is 0 Å². The lowest BCUT2D eigenvalue weighted by atomic mass is 10.2. The molecule has 86 valence electrons. The van der Waals surface area contributed by atoms with Gasteiger partial charge in [-0.2, -0.15) is 0 Å². The van der Waals surface area contributed by atoms with Crippen molar-refractivity contribution in [3.8, 4) is 0 Å². The van der Waals surface area contributed by atoms with Gasteiger partial charge in [0.1, 0.15) is 5.69 Å². The summed E-state index contributed by atoms with van der Waals surface area (Å²) in [5, 5.41) is 0. The molecule has 0 bridgehead atoms. The first-order valence-corrected chi connectivity index (χ1v) is 5.18. The molecular formula is C10H14N4O2. The molecule has 2 N–H and O–H groups in total. The molecule has 1 aliphatic rings. The second kappa shape index (κ2) is 5.00. The van der Waals surface area contributed by atoms with Gasteiger partial charge in [0.15, 0.2) is 0 Å². The summed E-state index contributed by atoms with van der Waals surface area (Å²) in [7, 11) is 0. The van der Waals surface area contributed by atoms with Gasteiger partial charge >= 0.3 is 0 Å². The first-order chi connectivity index (χ1) is 7.81. The fourth-order valence-electron chi connectivity index (χ4n) is 1.62. The third kappa shape index (κ3) is 2.34. The molecule has 0 radical (unpaired) electrons. The van der Waals surface area contributed by atoms with E-state index in [1.807, 2.05) is 0 Å². The van der Waals surface area contributed by atoms with E-state index in [0.717, 1.165) is 0 Å². The largest absolute Gasteiger partial charge is 0.373 e. The average molecular weight is 222 g/mol. The summed E-state index contributed by atoms with van der Waals surface area (Å²) < 4.78 is 5.39. The molecule has 1 aliphatic heterocycles. The third-order valence-electron chi connectivity index (χ3n) is 2.47. The highest BCUT2D eigenvalue weighted by molar-refractivity contribution is 5.92. The van der Waals surface area contributed by atoms with Gasteiger partial charge in [0, 0.05) is 32.0 Å². The first kappa shape index (κ1) is 11.0. The van der Waals surface area contributed by atoms with Gasteiger partial charge in [0.2, 0.25) is 0 Å². The maximum atomic E-state index is 12.0. The Morgan fingerprint density at radius 3 is 3.19 bits per heavy atom. The summed E-state index contributed by atoms with van der Waals surface area (Å²) in [5.41, 5.74) is 5.87. The number of hydrogen-bond donors (Lipinski definition) is 1. The van der Waals surface area contributed by atoms with Gasteiger partial charge in [-0.25, -0.2) is 4.98 Å². The van der Waals surface area contributed by atoms with Gasteiger partial charge in [-0.1, -0.05) is 0 Å². The molecule has 16 heavy (non-hydrogen) atoms. The Morgan fingerprint density at radius 1 is 1.62 bits per heavy atom. The number of carbonyl (C=O) groups excluding carboxylic acids is 1. The molecule has 6 nitrogen and oxygen atoms in total. The van der Waals surface area contributed by atoms with Crippen LogP contribution in [0.3, 0.4) is 0 Å². The summed E-state index contributed by atoms with van der Waals surface area (Å²) in [6.45, 7) is 2.04. The average Bonchev–Trinajstić information content (AvgIpc) is 2.39. The fourth-order valence-corrected chi connectivity index (χ4v) is 1.62. The van der Waals surface area contributed by atoms with E-state index >= 15 is 0 Å². The number of rotatable bonds is 2. The van der Waals surface area contributed by atoms with Crippen LogP contribution in [0.1, 0.15) is 10.5 Å². The molecular weight excluding hydrogens is 208 g/mol. The van der Waals surface area contributed by atoms with E-state index in [1.165, 1.54) is 12.4 Å². The Balaban J connectivity index is 2.05. The number of hydrogen-bond acceptors (Lipinski definition) is 5. The van der Waals surface area contributed by atoms with E-state index in [2.05, 4.69) is 9.97 Å². The Kier molecular flexibility index (Phi) is 3.43. The molecule has 1 saturated heterocycles. The van der Waals surface area contributed by atoms with Gasteiger partial charge in [-0.3, -0.25) is 9.78 Å². The number of nitrogens with zero attached hydrogens (tertiary/aromatic N) is 3. The summed E-state index contributed by atoms with van der Waals surface area (Å²) in [6, 6.07) is 0. The van der Waals surface area contributed by atoms with Crippen LogP contribution in [0, 0.1) is 0 Å². The number of ether oxygens (including phenoxy) is 1. The zero-order chi connectivity index (χ0) is 11.4. The van der Waals surface area contributed by atoms with Crippen molar-refractivity contribution in [1.82, 2.24) is 14.9 Å². The molecule has 2 heterocycles. The van der Waals surface area contributed by atoms with E-state index in [4.69, 9.17) is 10.5 Å². The number of carbonyl (C=O) groups is 1. The van der Waals surface area contributed by atoms with Gasteiger partial charge in [0.05, 0.1) is 18.9 Å². The maximum Gasteiger partial charge on any atom is 0.274 e. The van der Waals surface area contributed by atoms with Crippen LogP contribution in [-0.4, -0.2) is 53.1 Å². The monoisotopic (exact) mass is 222 g/mol. The Bertz CT molecular complexity index is 357. The van der Waals surface area contributed by atoms with Crippen LogP contribution in [0.15, 0.2) is 18.6 Å². The topological polar surface area (TPSA) is 81.3 Å². The van der Waals surface area contributed by atoms with Crippen molar-refractivity contribution in [1.29, 1.82) is 0 Å². The highest BCUT2D eigenvalue weighted by Crippen LogP contribution is 2.07. The molecule has 1 aromatic heterocycles. The Labute approximate surface area is 93.4 Å². The van der Waals surface area contributed by atoms with Gasteiger partial charge in [0.25, 0.3) is 5.91 Å². The predicted molar refractivity (Wildman–Crippen MR) is 56.7 cm³/mol. The van der Waals surface area contributed by atoms with E-state index < -0.39 is 0 Å². The molecule has 6 heteroatoms. The van der Waals surface area contributed by atoms with Crippen molar-refractivity contribution in [3.05, 3.63) is 24.3 Å². The van der Waals surface area contributed by atoms with Gasteiger partial charge < -0.3 is 15.4 Å². The number of amides is 1. The van der Waals surface area contributed by atoms with Crippen molar-refractivity contribution in [2.24, 2.45) is 5.73 Å². The Hall–Kier alpha value is -1.53. The Morgan fingerprint density at radius 2 is 2.50 bits per heavy atom. The number of aromatic nitrogens is 2. The number of morpholine rings is 1. The normalized spacial score (nSPS) is 20.8. The molecule has 1 fully saturated rings. The summed E-state index contributed by atoms with van der Waals surface area (Å²) >= 11 is 0. The lowest BCUT2D eigenvalue weighted by Gasteiger charge is -2.31. The van der Waals surface area contributed by atoms with Crippen LogP contribution < -0.4 is 5.73 Å². The van der Waals surface area contributed by atoms with E-state index in [9.17, 15) is 4.79 Å². The molecule has 0 aromatic carbocycles. The SMILES string of the molecule is NCC1CN(C(=O)c2cnccn2)CCO1. The van der Waals surface area contributed by atoms with E-state index in [1.54, 1.807) is 11.1 Å². The number of nitrogens with two attached hydrogens (primary N) is 1. The minimum atomic E-state index is -0.116. The fraction of sp³-hybridized carbons (Fsp3) is 0.500. The van der Waals surface area contributed by atoms with Crippen molar-refractivity contribution < 1.29 is 9.53 Å². The standard InChI is InChI=1S/C10H14N4O2/c11-5-8-7-14(3-4-16-8)10(15)9-6-12-1-2-13-9/h1-2,6,8H,3-5,7,11H2. The smallest absolute Gasteiger partial charge is 0.274 e. The van der Waals surface area contributed by atoms with Crippen LogP contribution in [0.25, 0.3) is 0 Å². The molecule has 0 spiro atoms. The lowest BCUT2D eigenvalue weighted by Crippen LogP contribution is -2.48. The minimum absolute atomic E-state index is 0.0747. The van der Waals surface area contributed by atoms with Gasteiger partial charge in [-0.15, -0.1) is 0 Å². The molecule has 2 rings (SSSR count). The van der Waals surface area contributed by atoms with Crippen LogP contribution in [0.4, 0.5) is 0 Å². The first-order valence-electron chi connectivity index (χ1n) is 5.18. The molecule has 0 saturated carbocycles. The van der Waals surface area contributed by atoms with Crippen molar-refractivity contribution >= 4 is 5.91 Å². The third-order valence-corrected chi connectivity index (χ3v) is 2.47. The predicted octanol–water partition coefficient (Wildman–Crippen LogP) is -0.724.